The first kappa shape index (κ1) is 14.0. The average Bonchev–Trinajstić information content (AvgIpc) is 2.24. The molecule has 0 aliphatic rings. The molecule has 0 saturated carbocycles. The number of hydrogen-bond donors (Lipinski definition) is 1. The highest BCUT2D eigenvalue weighted by molar-refractivity contribution is 5.30. The Labute approximate surface area is 102 Å². The number of halogens is 1. The van der Waals surface area contributed by atoms with E-state index in [4.69, 9.17) is 4.74 Å². The van der Waals surface area contributed by atoms with Crippen LogP contribution in [0.1, 0.15) is 45.3 Å². The number of aliphatic hydroxyl groups excluding tert-OH is 1. The summed E-state index contributed by atoms with van der Waals surface area (Å²) in [5.41, 5.74) is 0.485. The number of aliphatic hydroxyl groups is 1. The number of hydrogen-bond acceptors (Lipinski definition) is 2. The molecule has 0 amide bonds. The molecule has 2 nitrogen and oxygen atoms in total. The molecule has 0 heterocycles. The van der Waals surface area contributed by atoms with Crippen molar-refractivity contribution < 1.29 is 14.2 Å². The maximum absolute atomic E-state index is 13.7. The van der Waals surface area contributed by atoms with Crippen LogP contribution in [0.3, 0.4) is 0 Å². The van der Waals surface area contributed by atoms with E-state index in [9.17, 15) is 9.50 Å². The van der Waals surface area contributed by atoms with Crippen LogP contribution in [0.4, 0.5) is 4.39 Å². The van der Waals surface area contributed by atoms with Crippen LogP contribution >= 0.6 is 0 Å². The van der Waals surface area contributed by atoms with Gasteiger partial charge in [0, 0.05) is 11.6 Å². The molecule has 0 fully saturated rings. The molecule has 0 radical (unpaired) electrons. The molecule has 1 aromatic rings. The van der Waals surface area contributed by atoms with E-state index in [2.05, 4.69) is 20.8 Å². The first-order valence-corrected chi connectivity index (χ1v) is 5.85. The van der Waals surface area contributed by atoms with Gasteiger partial charge in [-0.15, -0.1) is 0 Å². The Morgan fingerprint density at radius 1 is 1.35 bits per heavy atom. The number of rotatable bonds is 4. The van der Waals surface area contributed by atoms with Gasteiger partial charge in [0.1, 0.15) is 11.6 Å². The molecule has 0 aliphatic heterocycles. The summed E-state index contributed by atoms with van der Waals surface area (Å²) in [5.74, 6) is 0.0556. The normalized spacial score (nSPS) is 13.5. The van der Waals surface area contributed by atoms with E-state index in [1.165, 1.54) is 13.2 Å². The minimum absolute atomic E-state index is 0.143. The molecule has 0 saturated heterocycles. The number of benzene rings is 1. The second kappa shape index (κ2) is 5.50. The van der Waals surface area contributed by atoms with Crippen LogP contribution < -0.4 is 4.74 Å². The lowest BCUT2D eigenvalue weighted by Gasteiger charge is -2.20. The van der Waals surface area contributed by atoms with Crippen LogP contribution in [-0.2, 0) is 0 Å². The molecule has 1 rings (SSSR count). The molecule has 17 heavy (non-hydrogen) atoms. The third-order valence-corrected chi connectivity index (χ3v) is 2.73. The molecule has 0 aliphatic carbocycles. The van der Waals surface area contributed by atoms with Gasteiger partial charge in [-0.3, -0.25) is 0 Å². The molecule has 1 atom stereocenters. The Bertz CT molecular complexity index is 369. The summed E-state index contributed by atoms with van der Waals surface area (Å²) in [7, 11) is 1.49. The van der Waals surface area contributed by atoms with Crippen molar-refractivity contribution in [2.75, 3.05) is 7.11 Å². The van der Waals surface area contributed by atoms with Gasteiger partial charge in [-0.2, -0.15) is 0 Å². The van der Waals surface area contributed by atoms with E-state index < -0.39 is 11.9 Å². The molecule has 1 aromatic carbocycles. The monoisotopic (exact) mass is 240 g/mol. The Morgan fingerprint density at radius 3 is 2.47 bits per heavy atom. The van der Waals surface area contributed by atoms with E-state index in [0.717, 1.165) is 6.42 Å². The molecule has 1 unspecified atom stereocenters. The second-order valence-corrected chi connectivity index (χ2v) is 5.50. The van der Waals surface area contributed by atoms with Crippen LogP contribution in [0.25, 0.3) is 0 Å². The predicted octanol–water partition coefficient (Wildman–Crippen LogP) is 3.69. The lowest BCUT2D eigenvalue weighted by Crippen LogP contribution is -2.09. The summed E-state index contributed by atoms with van der Waals surface area (Å²) in [6.07, 6.45) is 0.659. The van der Waals surface area contributed by atoms with E-state index in [0.29, 0.717) is 17.7 Å². The summed E-state index contributed by atoms with van der Waals surface area (Å²) < 4.78 is 18.6. The van der Waals surface area contributed by atoms with Gasteiger partial charge in [-0.05, 0) is 30.4 Å². The molecule has 96 valence electrons. The van der Waals surface area contributed by atoms with Gasteiger partial charge in [0.25, 0.3) is 0 Å². The van der Waals surface area contributed by atoms with Crippen LogP contribution in [0.5, 0.6) is 5.75 Å². The highest BCUT2D eigenvalue weighted by atomic mass is 19.1. The SMILES string of the molecule is COc1ccc(C(O)CCC(C)(C)C)c(F)c1. The molecule has 0 bridgehead atoms. The van der Waals surface area contributed by atoms with Crippen molar-refractivity contribution in [1.82, 2.24) is 0 Å². The number of methoxy groups -OCH3 is 1. The molecular formula is C14H21FO2. The van der Waals surface area contributed by atoms with E-state index in [-0.39, 0.29) is 5.41 Å². The zero-order valence-corrected chi connectivity index (χ0v) is 11.0. The average molecular weight is 240 g/mol. The summed E-state index contributed by atoms with van der Waals surface area (Å²) in [4.78, 5) is 0. The van der Waals surface area contributed by atoms with Crippen molar-refractivity contribution in [3.8, 4) is 5.75 Å². The topological polar surface area (TPSA) is 29.5 Å². The van der Waals surface area contributed by atoms with Gasteiger partial charge in [-0.25, -0.2) is 4.39 Å². The maximum atomic E-state index is 13.7. The first-order valence-electron chi connectivity index (χ1n) is 5.85. The van der Waals surface area contributed by atoms with Crippen molar-refractivity contribution in [2.45, 2.75) is 39.7 Å². The van der Waals surface area contributed by atoms with Gasteiger partial charge in [0.05, 0.1) is 13.2 Å². The van der Waals surface area contributed by atoms with Crippen molar-refractivity contribution in [1.29, 1.82) is 0 Å². The van der Waals surface area contributed by atoms with Gasteiger partial charge in [0.2, 0.25) is 0 Å². The predicted molar refractivity (Wildman–Crippen MR) is 66.6 cm³/mol. The minimum Gasteiger partial charge on any atom is -0.497 e. The highest BCUT2D eigenvalue weighted by Crippen LogP contribution is 2.29. The smallest absolute Gasteiger partial charge is 0.132 e. The fourth-order valence-electron chi connectivity index (χ4n) is 1.63. The van der Waals surface area contributed by atoms with Gasteiger partial charge in [0.15, 0.2) is 0 Å². The zero-order chi connectivity index (χ0) is 13.1. The van der Waals surface area contributed by atoms with Crippen LogP contribution in [0, 0.1) is 11.2 Å². The summed E-state index contributed by atoms with van der Waals surface area (Å²) in [5, 5.41) is 9.95. The fourth-order valence-corrected chi connectivity index (χ4v) is 1.63. The lowest BCUT2D eigenvalue weighted by atomic mass is 9.88. The third kappa shape index (κ3) is 4.35. The van der Waals surface area contributed by atoms with E-state index >= 15 is 0 Å². The number of ether oxygens (including phenoxy) is 1. The molecule has 0 spiro atoms. The Morgan fingerprint density at radius 2 is 2.00 bits per heavy atom. The van der Waals surface area contributed by atoms with Crippen molar-refractivity contribution in [2.24, 2.45) is 5.41 Å². The Balaban J connectivity index is 2.72. The molecule has 0 aromatic heterocycles. The largest absolute Gasteiger partial charge is 0.497 e. The van der Waals surface area contributed by atoms with Crippen LogP contribution in [0.15, 0.2) is 18.2 Å². The third-order valence-electron chi connectivity index (χ3n) is 2.73. The summed E-state index contributed by atoms with van der Waals surface area (Å²) in [6.45, 7) is 6.30. The first-order chi connectivity index (χ1) is 7.83. The minimum atomic E-state index is -0.750. The zero-order valence-electron chi connectivity index (χ0n) is 11.0. The van der Waals surface area contributed by atoms with Crippen molar-refractivity contribution in [3.63, 3.8) is 0 Å². The van der Waals surface area contributed by atoms with E-state index in [1.54, 1.807) is 12.1 Å². The summed E-state index contributed by atoms with van der Waals surface area (Å²) >= 11 is 0. The molecule has 3 heteroatoms. The fraction of sp³-hybridized carbons (Fsp3) is 0.571. The van der Waals surface area contributed by atoms with Gasteiger partial charge < -0.3 is 9.84 Å². The highest BCUT2D eigenvalue weighted by Gasteiger charge is 2.17. The summed E-state index contributed by atoms with van der Waals surface area (Å²) in [6, 6.07) is 4.55. The standard InChI is InChI=1S/C14H21FO2/c1-14(2,3)8-7-13(16)11-6-5-10(17-4)9-12(11)15/h5-6,9,13,16H,7-8H2,1-4H3. The second-order valence-electron chi connectivity index (χ2n) is 5.50. The maximum Gasteiger partial charge on any atom is 0.132 e. The van der Waals surface area contributed by atoms with E-state index in [1.807, 2.05) is 0 Å². The Hall–Kier alpha value is -1.09. The van der Waals surface area contributed by atoms with Crippen molar-refractivity contribution in [3.05, 3.63) is 29.6 Å². The van der Waals surface area contributed by atoms with Crippen LogP contribution in [0.2, 0.25) is 0 Å². The lowest BCUT2D eigenvalue weighted by molar-refractivity contribution is 0.143. The molecular weight excluding hydrogens is 219 g/mol. The van der Waals surface area contributed by atoms with Crippen LogP contribution in [-0.4, -0.2) is 12.2 Å². The van der Waals surface area contributed by atoms with Gasteiger partial charge >= 0.3 is 0 Å². The molecule has 1 N–H and O–H groups in total. The van der Waals surface area contributed by atoms with Crippen molar-refractivity contribution >= 4 is 0 Å². The Kier molecular flexibility index (Phi) is 4.52. The van der Waals surface area contributed by atoms with Gasteiger partial charge in [-0.1, -0.05) is 20.8 Å². The quantitative estimate of drug-likeness (QED) is 0.869.